The Kier molecular flexibility index (Phi) is 5.02. The molecule has 0 saturated carbocycles. The Morgan fingerprint density at radius 2 is 2.21 bits per heavy atom. The Balaban J connectivity index is 3.61. The standard InChI is InChI=1S/C8H10F3NO2/c1-3-6(2)12-7(13)4-14-5-8(9,10)11/h1,6H,4-5H2,2H3,(H,12,13). The van der Waals surface area contributed by atoms with Gasteiger partial charge in [0, 0.05) is 0 Å². The van der Waals surface area contributed by atoms with Crippen molar-refractivity contribution in [1.29, 1.82) is 0 Å². The second-order valence-corrected chi connectivity index (χ2v) is 2.56. The minimum atomic E-state index is -4.42. The van der Waals surface area contributed by atoms with Crippen LogP contribution in [0.3, 0.4) is 0 Å². The van der Waals surface area contributed by atoms with Crippen LogP contribution in [0.5, 0.6) is 0 Å². The van der Waals surface area contributed by atoms with E-state index in [1.54, 1.807) is 0 Å². The molecule has 0 aliphatic carbocycles. The summed E-state index contributed by atoms with van der Waals surface area (Å²) in [6.45, 7) is -0.557. The Hall–Kier alpha value is -1.22. The van der Waals surface area contributed by atoms with Gasteiger partial charge in [-0.05, 0) is 6.92 Å². The fourth-order valence-electron chi connectivity index (χ4n) is 0.584. The molecule has 1 atom stereocenters. The van der Waals surface area contributed by atoms with Crippen molar-refractivity contribution in [2.75, 3.05) is 13.2 Å². The third-order valence-electron chi connectivity index (χ3n) is 1.13. The molecule has 0 aromatic rings. The molecule has 1 unspecified atom stereocenters. The van der Waals surface area contributed by atoms with Gasteiger partial charge < -0.3 is 10.1 Å². The molecule has 0 spiro atoms. The first-order valence-electron chi connectivity index (χ1n) is 3.75. The summed E-state index contributed by atoms with van der Waals surface area (Å²) in [7, 11) is 0. The monoisotopic (exact) mass is 209 g/mol. The van der Waals surface area contributed by atoms with Gasteiger partial charge in [-0.3, -0.25) is 4.79 Å². The molecule has 80 valence electrons. The average molecular weight is 209 g/mol. The summed E-state index contributed by atoms with van der Waals surface area (Å²) < 4.78 is 38.7. The molecule has 0 heterocycles. The van der Waals surface area contributed by atoms with E-state index in [-0.39, 0.29) is 0 Å². The lowest BCUT2D eigenvalue weighted by Gasteiger charge is -2.09. The van der Waals surface area contributed by atoms with E-state index < -0.39 is 31.3 Å². The van der Waals surface area contributed by atoms with Crippen molar-refractivity contribution < 1.29 is 22.7 Å². The SMILES string of the molecule is C#CC(C)NC(=O)COCC(F)(F)F. The average Bonchev–Trinajstić information content (AvgIpc) is 2.01. The minimum Gasteiger partial charge on any atom is -0.362 e. The molecule has 0 rings (SSSR count). The van der Waals surface area contributed by atoms with Gasteiger partial charge in [0.15, 0.2) is 0 Å². The number of terminal acetylenes is 1. The van der Waals surface area contributed by atoms with Crippen LogP contribution >= 0.6 is 0 Å². The zero-order valence-electron chi connectivity index (χ0n) is 7.52. The van der Waals surface area contributed by atoms with Gasteiger partial charge in [0.1, 0.15) is 13.2 Å². The lowest BCUT2D eigenvalue weighted by Crippen LogP contribution is -2.35. The molecule has 0 bridgehead atoms. The van der Waals surface area contributed by atoms with Crippen LogP contribution in [0.4, 0.5) is 13.2 Å². The highest BCUT2D eigenvalue weighted by Gasteiger charge is 2.27. The van der Waals surface area contributed by atoms with Crippen molar-refractivity contribution >= 4 is 5.91 Å². The number of rotatable bonds is 4. The molecule has 1 N–H and O–H groups in total. The fraction of sp³-hybridized carbons (Fsp3) is 0.625. The molecule has 0 fully saturated rings. The number of ether oxygens (including phenoxy) is 1. The third kappa shape index (κ3) is 7.43. The summed E-state index contributed by atoms with van der Waals surface area (Å²) in [6, 6.07) is -0.517. The molecule has 14 heavy (non-hydrogen) atoms. The van der Waals surface area contributed by atoms with Crippen LogP contribution in [0.1, 0.15) is 6.92 Å². The number of hydrogen-bond acceptors (Lipinski definition) is 2. The van der Waals surface area contributed by atoms with E-state index >= 15 is 0 Å². The molecule has 0 radical (unpaired) electrons. The van der Waals surface area contributed by atoms with Crippen molar-refractivity contribution in [2.24, 2.45) is 0 Å². The van der Waals surface area contributed by atoms with Gasteiger partial charge in [-0.25, -0.2) is 0 Å². The smallest absolute Gasteiger partial charge is 0.362 e. The highest BCUT2D eigenvalue weighted by atomic mass is 19.4. The molecule has 0 aliphatic heterocycles. The van der Waals surface area contributed by atoms with Crippen LogP contribution in [0, 0.1) is 12.3 Å². The number of alkyl halides is 3. The first-order valence-corrected chi connectivity index (χ1v) is 3.75. The topological polar surface area (TPSA) is 38.3 Å². The molecule has 1 amide bonds. The van der Waals surface area contributed by atoms with Crippen molar-refractivity contribution in [3.05, 3.63) is 0 Å². The molecule has 0 aromatic heterocycles. The summed E-state index contributed by atoms with van der Waals surface area (Å²) in [4.78, 5) is 10.8. The second kappa shape index (κ2) is 5.50. The van der Waals surface area contributed by atoms with Gasteiger partial charge >= 0.3 is 6.18 Å². The zero-order valence-corrected chi connectivity index (χ0v) is 7.52. The van der Waals surface area contributed by atoms with Crippen molar-refractivity contribution in [2.45, 2.75) is 19.1 Å². The highest BCUT2D eigenvalue weighted by Crippen LogP contribution is 2.13. The summed E-state index contributed by atoms with van der Waals surface area (Å²) in [5.74, 6) is 1.53. The van der Waals surface area contributed by atoms with Crippen molar-refractivity contribution in [3.8, 4) is 12.3 Å². The third-order valence-corrected chi connectivity index (χ3v) is 1.13. The normalized spacial score (nSPS) is 13.1. The molecular formula is C8H10F3NO2. The Morgan fingerprint density at radius 1 is 1.64 bits per heavy atom. The molecule has 0 aliphatic rings. The Labute approximate surface area is 79.6 Å². The Bertz CT molecular complexity index is 232. The van der Waals surface area contributed by atoms with Gasteiger partial charge in [-0.1, -0.05) is 5.92 Å². The van der Waals surface area contributed by atoms with E-state index in [1.807, 2.05) is 0 Å². The molecule has 0 aromatic carbocycles. The summed E-state index contributed by atoms with van der Waals surface area (Å²) >= 11 is 0. The first kappa shape index (κ1) is 12.8. The zero-order chi connectivity index (χ0) is 11.2. The number of carbonyl (C=O) groups is 1. The number of amides is 1. The first-order chi connectivity index (χ1) is 6.35. The van der Waals surface area contributed by atoms with E-state index in [0.29, 0.717) is 0 Å². The number of halogens is 3. The maximum atomic E-state index is 11.5. The van der Waals surface area contributed by atoms with Crippen LogP contribution in [0.15, 0.2) is 0 Å². The van der Waals surface area contributed by atoms with Crippen LogP contribution in [-0.4, -0.2) is 31.3 Å². The van der Waals surface area contributed by atoms with Crippen LogP contribution in [0.2, 0.25) is 0 Å². The predicted octanol–water partition coefficient (Wildman–Crippen LogP) is 0.703. The molecule has 3 nitrogen and oxygen atoms in total. The van der Waals surface area contributed by atoms with Crippen LogP contribution in [0.25, 0.3) is 0 Å². The number of hydrogen-bond donors (Lipinski definition) is 1. The summed E-state index contributed by atoms with van der Waals surface area (Å²) in [6.07, 6.45) is 0.514. The maximum absolute atomic E-state index is 11.5. The number of nitrogens with one attached hydrogen (secondary N) is 1. The van der Waals surface area contributed by atoms with Crippen molar-refractivity contribution in [3.63, 3.8) is 0 Å². The summed E-state index contributed by atoms with van der Waals surface area (Å²) in [5.41, 5.74) is 0. The Morgan fingerprint density at radius 3 is 2.64 bits per heavy atom. The predicted molar refractivity (Wildman–Crippen MR) is 43.3 cm³/mol. The van der Waals surface area contributed by atoms with E-state index in [9.17, 15) is 18.0 Å². The molecule has 0 saturated heterocycles. The summed E-state index contributed by atoms with van der Waals surface area (Å²) in [5, 5.41) is 2.25. The van der Waals surface area contributed by atoms with E-state index in [2.05, 4.69) is 16.0 Å². The van der Waals surface area contributed by atoms with Gasteiger partial charge in [-0.2, -0.15) is 13.2 Å². The lowest BCUT2D eigenvalue weighted by atomic mass is 10.3. The maximum Gasteiger partial charge on any atom is 0.411 e. The fourth-order valence-corrected chi connectivity index (χ4v) is 0.584. The molecule has 6 heteroatoms. The van der Waals surface area contributed by atoms with Crippen LogP contribution < -0.4 is 5.32 Å². The van der Waals surface area contributed by atoms with E-state index in [1.165, 1.54) is 6.92 Å². The van der Waals surface area contributed by atoms with Gasteiger partial charge in [0.05, 0.1) is 6.04 Å². The largest absolute Gasteiger partial charge is 0.411 e. The van der Waals surface area contributed by atoms with Crippen LogP contribution in [-0.2, 0) is 9.53 Å². The van der Waals surface area contributed by atoms with Crippen molar-refractivity contribution in [1.82, 2.24) is 5.32 Å². The van der Waals surface area contributed by atoms with Gasteiger partial charge in [-0.15, -0.1) is 6.42 Å². The van der Waals surface area contributed by atoms with Gasteiger partial charge in [0.2, 0.25) is 5.91 Å². The lowest BCUT2D eigenvalue weighted by molar-refractivity contribution is -0.175. The second-order valence-electron chi connectivity index (χ2n) is 2.56. The van der Waals surface area contributed by atoms with E-state index in [4.69, 9.17) is 6.42 Å². The van der Waals surface area contributed by atoms with Gasteiger partial charge in [0.25, 0.3) is 0 Å². The van der Waals surface area contributed by atoms with E-state index in [0.717, 1.165) is 0 Å². The number of carbonyl (C=O) groups excluding carboxylic acids is 1. The highest BCUT2D eigenvalue weighted by molar-refractivity contribution is 5.77. The minimum absolute atomic E-state index is 0.517. The molecular weight excluding hydrogens is 199 g/mol. The quantitative estimate of drug-likeness (QED) is 0.692.